The quantitative estimate of drug-likeness (QED) is 0.780. The van der Waals surface area contributed by atoms with Gasteiger partial charge in [0.1, 0.15) is 12.6 Å². The number of ether oxygens (including phenoxy) is 1. The van der Waals surface area contributed by atoms with Crippen molar-refractivity contribution in [3.8, 4) is 0 Å². The number of carbonyl (C=O) groups is 2. The standard InChI is InChI=1S/C20H19NO3/c1-2-15(16-9-5-3-6-10-16)13-19(22)21-18(14-24-20(21)23)17-11-7-4-8-12-17/h2-12,15,18H,1,13-14H2/t15-,18+/m0/s1. The highest BCUT2D eigenvalue weighted by Gasteiger charge is 2.39. The minimum atomic E-state index is -0.579. The highest BCUT2D eigenvalue weighted by molar-refractivity contribution is 5.94. The predicted octanol–water partition coefficient (Wildman–Crippen LogP) is 4.07. The lowest BCUT2D eigenvalue weighted by Gasteiger charge is -2.22. The van der Waals surface area contributed by atoms with Crippen molar-refractivity contribution < 1.29 is 14.3 Å². The number of nitrogens with zero attached hydrogens (tertiary/aromatic N) is 1. The van der Waals surface area contributed by atoms with Crippen LogP contribution in [0.25, 0.3) is 0 Å². The van der Waals surface area contributed by atoms with Gasteiger partial charge in [-0.15, -0.1) is 6.58 Å². The van der Waals surface area contributed by atoms with E-state index in [4.69, 9.17) is 4.74 Å². The fourth-order valence-corrected chi connectivity index (χ4v) is 2.94. The SMILES string of the molecule is C=C[C@@H](CC(=O)N1C(=O)OC[C@@H]1c1ccccc1)c1ccccc1. The molecule has 0 spiro atoms. The Kier molecular flexibility index (Phi) is 4.75. The lowest BCUT2D eigenvalue weighted by molar-refractivity contribution is -0.129. The largest absolute Gasteiger partial charge is 0.446 e. The van der Waals surface area contributed by atoms with Gasteiger partial charge in [-0.05, 0) is 11.1 Å². The van der Waals surface area contributed by atoms with E-state index in [1.54, 1.807) is 6.08 Å². The molecule has 0 radical (unpaired) electrons. The molecule has 0 unspecified atom stereocenters. The number of allylic oxidation sites excluding steroid dienone is 1. The van der Waals surface area contributed by atoms with E-state index >= 15 is 0 Å². The lowest BCUT2D eigenvalue weighted by atomic mass is 9.95. The molecule has 122 valence electrons. The van der Waals surface area contributed by atoms with Crippen molar-refractivity contribution in [3.05, 3.63) is 84.4 Å². The second kappa shape index (κ2) is 7.13. The van der Waals surface area contributed by atoms with Gasteiger partial charge in [0.2, 0.25) is 5.91 Å². The van der Waals surface area contributed by atoms with Gasteiger partial charge in [-0.2, -0.15) is 0 Å². The number of benzene rings is 2. The molecule has 1 saturated heterocycles. The third kappa shape index (κ3) is 3.23. The molecule has 2 atom stereocenters. The minimum absolute atomic E-state index is 0.136. The van der Waals surface area contributed by atoms with Gasteiger partial charge in [0.05, 0.1) is 0 Å². The first-order valence-corrected chi connectivity index (χ1v) is 7.92. The molecule has 0 saturated carbocycles. The molecular weight excluding hydrogens is 302 g/mol. The summed E-state index contributed by atoms with van der Waals surface area (Å²) in [4.78, 5) is 26.1. The van der Waals surface area contributed by atoms with E-state index in [1.807, 2.05) is 60.7 Å². The van der Waals surface area contributed by atoms with Crippen LogP contribution in [-0.4, -0.2) is 23.5 Å². The average Bonchev–Trinajstić information content (AvgIpc) is 3.02. The van der Waals surface area contributed by atoms with E-state index in [0.29, 0.717) is 0 Å². The van der Waals surface area contributed by atoms with E-state index in [-0.39, 0.29) is 30.9 Å². The Morgan fingerprint density at radius 1 is 1.17 bits per heavy atom. The van der Waals surface area contributed by atoms with Gasteiger partial charge in [-0.3, -0.25) is 4.79 Å². The predicted molar refractivity (Wildman–Crippen MR) is 91.4 cm³/mol. The first-order valence-electron chi connectivity index (χ1n) is 7.92. The molecule has 4 heteroatoms. The van der Waals surface area contributed by atoms with Crippen LogP contribution in [0.5, 0.6) is 0 Å². The molecule has 0 N–H and O–H groups in total. The summed E-state index contributed by atoms with van der Waals surface area (Å²) in [7, 11) is 0. The summed E-state index contributed by atoms with van der Waals surface area (Å²) in [5.41, 5.74) is 1.90. The van der Waals surface area contributed by atoms with Crippen LogP contribution in [0.4, 0.5) is 4.79 Å². The average molecular weight is 321 g/mol. The fraction of sp³-hybridized carbons (Fsp3) is 0.200. The number of imide groups is 1. The van der Waals surface area contributed by atoms with Gasteiger partial charge in [-0.1, -0.05) is 66.7 Å². The van der Waals surface area contributed by atoms with Gasteiger partial charge in [0.15, 0.2) is 0 Å². The number of hydrogen-bond donors (Lipinski definition) is 0. The Bertz CT molecular complexity index is 727. The lowest BCUT2D eigenvalue weighted by Crippen LogP contribution is -2.34. The molecule has 1 heterocycles. The van der Waals surface area contributed by atoms with Crippen molar-refractivity contribution in [1.82, 2.24) is 4.90 Å². The number of rotatable bonds is 5. The maximum absolute atomic E-state index is 12.8. The Morgan fingerprint density at radius 3 is 2.42 bits per heavy atom. The molecule has 0 aliphatic carbocycles. The Hall–Kier alpha value is -2.88. The summed E-state index contributed by atoms with van der Waals surface area (Å²) < 4.78 is 5.11. The number of amides is 2. The highest BCUT2D eigenvalue weighted by Crippen LogP contribution is 2.30. The molecule has 2 aromatic carbocycles. The van der Waals surface area contributed by atoms with E-state index in [1.165, 1.54) is 4.90 Å². The summed E-state index contributed by atoms with van der Waals surface area (Å²) in [5.74, 6) is -0.386. The van der Waals surface area contributed by atoms with Crippen molar-refractivity contribution in [2.24, 2.45) is 0 Å². The molecule has 1 aliphatic heterocycles. The summed E-state index contributed by atoms with van der Waals surface area (Å²) in [6.45, 7) is 4.02. The molecule has 3 rings (SSSR count). The topological polar surface area (TPSA) is 46.6 Å². The van der Waals surface area contributed by atoms with E-state index in [2.05, 4.69) is 6.58 Å². The molecule has 2 aromatic rings. The van der Waals surface area contributed by atoms with Crippen LogP contribution in [0, 0.1) is 0 Å². The normalized spacial score (nSPS) is 18.1. The van der Waals surface area contributed by atoms with Crippen LogP contribution >= 0.6 is 0 Å². The smallest absolute Gasteiger partial charge is 0.417 e. The molecule has 4 nitrogen and oxygen atoms in total. The molecular formula is C20H19NO3. The Labute approximate surface area is 141 Å². The van der Waals surface area contributed by atoms with Gasteiger partial charge in [0.25, 0.3) is 0 Å². The van der Waals surface area contributed by atoms with Gasteiger partial charge < -0.3 is 4.74 Å². The van der Waals surface area contributed by atoms with Gasteiger partial charge in [-0.25, -0.2) is 9.69 Å². The fourth-order valence-electron chi connectivity index (χ4n) is 2.94. The zero-order valence-electron chi connectivity index (χ0n) is 13.3. The number of cyclic esters (lactones) is 1. The second-order valence-corrected chi connectivity index (χ2v) is 5.72. The molecule has 0 bridgehead atoms. The minimum Gasteiger partial charge on any atom is -0.446 e. The van der Waals surface area contributed by atoms with Crippen LogP contribution in [-0.2, 0) is 9.53 Å². The molecule has 0 aromatic heterocycles. The van der Waals surface area contributed by atoms with Gasteiger partial charge >= 0.3 is 6.09 Å². The van der Waals surface area contributed by atoms with Crippen molar-refractivity contribution >= 4 is 12.0 Å². The molecule has 2 amide bonds. The van der Waals surface area contributed by atoms with Crippen LogP contribution in [0.2, 0.25) is 0 Å². The first kappa shape index (κ1) is 16.0. The zero-order chi connectivity index (χ0) is 16.9. The van der Waals surface area contributed by atoms with Crippen LogP contribution < -0.4 is 0 Å². The zero-order valence-corrected chi connectivity index (χ0v) is 13.3. The Morgan fingerprint density at radius 2 is 1.79 bits per heavy atom. The molecule has 1 aliphatic rings. The number of hydrogen-bond acceptors (Lipinski definition) is 3. The summed E-state index contributed by atoms with van der Waals surface area (Å²) >= 11 is 0. The van der Waals surface area contributed by atoms with E-state index in [0.717, 1.165) is 11.1 Å². The van der Waals surface area contributed by atoms with E-state index < -0.39 is 6.09 Å². The third-order valence-corrected chi connectivity index (χ3v) is 4.23. The van der Waals surface area contributed by atoms with Crippen molar-refractivity contribution in [3.63, 3.8) is 0 Å². The maximum Gasteiger partial charge on any atom is 0.417 e. The number of carbonyl (C=O) groups excluding carboxylic acids is 2. The van der Waals surface area contributed by atoms with Crippen molar-refractivity contribution in [2.45, 2.75) is 18.4 Å². The summed E-state index contributed by atoms with van der Waals surface area (Å²) in [6.07, 6.45) is 1.35. The maximum atomic E-state index is 12.8. The second-order valence-electron chi connectivity index (χ2n) is 5.72. The first-order chi connectivity index (χ1) is 11.7. The third-order valence-electron chi connectivity index (χ3n) is 4.23. The van der Waals surface area contributed by atoms with E-state index in [9.17, 15) is 9.59 Å². The monoisotopic (exact) mass is 321 g/mol. The highest BCUT2D eigenvalue weighted by atomic mass is 16.6. The van der Waals surface area contributed by atoms with Crippen molar-refractivity contribution in [1.29, 1.82) is 0 Å². The Balaban J connectivity index is 1.79. The van der Waals surface area contributed by atoms with Crippen LogP contribution in [0.15, 0.2) is 73.3 Å². The van der Waals surface area contributed by atoms with Crippen LogP contribution in [0.3, 0.4) is 0 Å². The molecule has 24 heavy (non-hydrogen) atoms. The molecule has 1 fully saturated rings. The summed E-state index contributed by atoms with van der Waals surface area (Å²) in [6, 6.07) is 18.8. The summed E-state index contributed by atoms with van der Waals surface area (Å²) in [5, 5.41) is 0. The van der Waals surface area contributed by atoms with Crippen molar-refractivity contribution in [2.75, 3.05) is 6.61 Å². The van der Waals surface area contributed by atoms with Gasteiger partial charge in [0, 0.05) is 12.3 Å². The van der Waals surface area contributed by atoms with Crippen LogP contribution in [0.1, 0.15) is 29.5 Å².